The first-order valence-electron chi connectivity index (χ1n) is 9.87. The largest absolute Gasteiger partial charge is 0.415 e. The maximum absolute atomic E-state index is 14.6. The van der Waals surface area contributed by atoms with Crippen LogP contribution in [0, 0.1) is 0 Å². The van der Waals surface area contributed by atoms with Crippen molar-refractivity contribution in [2.75, 3.05) is 0 Å². The molecule has 0 unspecified atom stereocenters. The number of rotatable bonds is 5. The quantitative estimate of drug-likeness (QED) is 0.663. The number of hydrogen-bond donors (Lipinski definition) is 1. The second-order valence-corrected chi connectivity index (χ2v) is 7.96. The Hall–Kier alpha value is -3.19. The highest BCUT2D eigenvalue weighted by Gasteiger charge is 2.53. The maximum atomic E-state index is 14.6. The summed E-state index contributed by atoms with van der Waals surface area (Å²) in [5, 5.41) is 8.38. The Morgan fingerprint density at radius 3 is 2.70 bits per heavy atom. The third kappa shape index (κ3) is 4.25. The summed E-state index contributed by atoms with van der Waals surface area (Å²) in [6.07, 6.45) is -2.38. The fraction of sp³-hybridized carbons (Fsp3) is 0.526. The standard InChI is InChI=1S/C19H17F6N5O3/c1-18(22,23)17(32)27-12-11(3-2-4-19(12,24)25)30-7-10-9(16(30)31)5-8(6-26-10)14-28-29-15(33-14)13(20)21/h5-6,11-13H,2-4,7H2,1H3,(H,27,32)/t11-,12+/m1/s1. The molecule has 178 valence electrons. The minimum atomic E-state index is -3.88. The lowest BCUT2D eigenvalue weighted by Crippen LogP contribution is -2.63. The van der Waals surface area contributed by atoms with Crippen molar-refractivity contribution in [2.24, 2.45) is 0 Å². The number of halogens is 6. The molecule has 3 heterocycles. The van der Waals surface area contributed by atoms with Crippen molar-refractivity contribution in [3.05, 3.63) is 29.4 Å². The maximum Gasteiger partial charge on any atom is 0.321 e. The van der Waals surface area contributed by atoms with Crippen LogP contribution in [0.1, 0.15) is 54.6 Å². The minimum absolute atomic E-state index is 0.00372. The van der Waals surface area contributed by atoms with Gasteiger partial charge < -0.3 is 14.6 Å². The Morgan fingerprint density at radius 1 is 1.33 bits per heavy atom. The summed E-state index contributed by atoms with van der Waals surface area (Å²) in [6, 6.07) is -2.03. The van der Waals surface area contributed by atoms with Crippen molar-refractivity contribution >= 4 is 11.8 Å². The molecule has 1 aliphatic carbocycles. The second-order valence-electron chi connectivity index (χ2n) is 7.96. The molecule has 1 fully saturated rings. The van der Waals surface area contributed by atoms with Gasteiger partial charge in [0.2, 0.25) is 5.89 Å². The topological polar surface area (TPSA) is 101 Å². The van der Waals surface area contributed by atoms with Crippen LogP contribution < -0.4 is 5.32 Å². The van der Waals surface area contributed by atoms with E-state index in [1.807, 2.05) is 0 Å². The first kappa shape index (κ1) is 23.0. The van der Waals surface area contributed by atoms with Gasteiger partial charge in [-0.1, -0.05) is 0 Å². The summed E-state index contributed by atoms with van der Waals surface area (Å²) in [6.45, 7) is 0.0911. The Labute approximate surface area is 182 Å². The Bertz CT molecular complexity index is 1090. The molecule has 8 nitrogen and oxygen atoms in total. The Kier molecular flexibility index (Phi) is 5.56. The number of carbonyl (C=O) groups excluding carboxylic acids is 2. The molecule has 0 bridgehead atoms. The zero-order chi connectivity index (χ0) is 24.1. The normalized spacial score (nSPS) is 22.5. The van der Waals surface area contributed by atoms with Gasteiger partial charge in [0.15, 0.2) is 0 Å². The van der Waals surface area contributed by atoms with Crippen molar-refractivity contribution < 1.29 is 40.3 Å². The van der Waals surface area contributed by atoms with E-state index in [0.29, 0.717) is 0 Å². The van der Waals surface area contributed by atoms with E-state index in [9.17, 15) is 35.9 Å². The van der Waals surface area contributed by atoms with E-state index in [1.54, 1.807) is 5.32 Å². The lowest BCUT2D eigenvalue weighted by Gasteiger charge is -2.42. The molecule has 33 heavy (non-hydrogen) atoms. The molecule has 1 aliphatic heterocycles. The lowest BCUT2D eigenvalue weighted by molar-refractivity contribution is -0.151. The van der Waals surface area contributed by atoms with E-state index < -0.39 is 54.5 Å². The molecular formula is C19H17F6N5O3. The predicted octanol–water partition coefficient (Wildman–Crippen LogP) is 3.35. The molecule has 1 saturated carbocycles. The molecule has 1 N–H and O–H groups in total. The van der Waals surface area contributed by atoms with Crippen molar-refractivity contribution in [3.8, 4) is 11.5 Å². The molecule has 0 saturated heterocycles. The van der Waals surface area contributed by atoms with Crippen LogP contribution in [0.3, 0.4) is 0 Å². The summed E-state index contributed by atoms with van der Waals surface area (Å²) >= 11 is 0. The van der Waals surface area contributed by atoms with Crippen LogP contribution in [0.2, 0.25) is 0 Å². The van der Waals surface area contributed by atoms with Gasteiger partial charge in [0, 0.05) is 19.5 Å². The third-order valence-electron chi connectivity index (χ3n) is 5.59. The number of nitrogens with zero attached hydrogens (tertiary/aromatic N) is 4. The first-order valence-corrected chi connectivity index (χ1v) is 9.87. The Morgan fingerprint density at radius 2 is 2.06 bits per heavy atom. The molecule has 2 aliphatic rings. The average Bonchev–Trinajstić information content (AvgIpc) is 3.34. The van der Waals surface area contributed by atoms with Gasteiger partial charge in [-0.3, -0.25) is 14.6 Å². The molecule has 2 aromatic heterocycles. The van der Waals surface area contributed by atoms with Crippen LogP contribution in [0.25, 0.3) is 11.5 Å². The Balaban J connectivity index is 1.61. The number of aromatic nitrogens is 3. The van der Waals surface area contributed by atoms with E-state index in [4.69, 9.17) is 4.42 Å². The number of alkyl halides is 6. The minimum Gasteiger partial charge on any atom is -0.415 e. The van der Waals surface area contributed by atoms with Crippen LogP contribution in [-0.2, 0) is 11.3 Å². The van der Waals surface area contributed by atoms with E-state index in [1.165, 1.54) is 12.3 Å². The monoisotopic (exact) mass is 477 g/mol. The number of fused-ring (bicyclic) bond motifs is 1. The highest BCUT2D eigenvalue weighted by Crippen LogP contribution is 2.39. The van der Waals surface area contributed by atoms with Gasteiger partial charge in [0.1, 0.15) is 6.04 Å². The van der Waals surface area contributed by atoms with Crippen molar-refractivity contribution in [2.45, 2.75) is 63.1 Å². The fourth-order valence-electron chi connectivity index (χ4n) is 3.97. The first-order chi connectivity index (χ1) is 15.4. The van der Waals surface area contributed by atoms with Crippen molar-refractivity contribution in [1.82, 2.24) is 25.4 Å². The number of hydrogen-bond acceptors (Lipinski definition) is 6. The molecule has 0 aromatic carbocycles. The molecule has 2 atom stereocenters. The molecule has 2 aromatic rings. The zero-order valence-corrected chi connectivity index (χ0v) is 17.0. The van der Waals surface area contributed by atoms with Crippen LogP contribution in [-0.4, -0.2) is 55.8 Å². The van der Waals surface area contributed by atoms with Crippen LogP contribution in [0.4, 0.5) is 26.3 Å². The number of pyridine rings is 1. The van der Waals surface area contributed by atoms with E-state index in [0.717, 1.165) is 4.90 Å². The summed E-state index contributed by atoms with van der Waals surface area (Å²) in [4.78, 5) is 29.9. The third-order valence-corrected chi connectivity index (χ3v) is 5.59. The van der Waals surface area contributed by atoms with Crippen molar-refractivity contribution in [1.29, 1.82) is 0 Å². The lowest BCUT2D eigenvalue weighted by atomic mass is 9.85. The second kappa shape index (κ2) is 7.99. The zero-order valence-electron chi connectivity index (χ0n) is 17.0. The van der Waals surface area contributed by atoms with Gasteiger partial charge in [0.05, 0.1) is 29.4 Å². The molecule has 2 amide bonds. The number of amides is 2. The van der Waals surface area contributed by atoms with Gasteiger partial charge in [0.25, 0.3) is 23.6 Å². The summed E-state index contributed by atoms with van der Waals surface area (Å²) in [5.41, 5.74) is 0.258. The summed E-state index contributed by atoms with van der Waals surface area (Å²) in [5.74, 6) is -11.2. The molecular weight excluding hydrogens is 460 g/mol. The highest BCUT2D eigenvalue weighted by molar-refractivity contribution is 5.99. The average molecular weight is 477 g/mol. The molecule has 4 rings (SSSR count). The van der Waals surface area contributed by atoms with Gasteiger partial charge >= 0.3 is 12.3 Å². The fourth-order valence-corrected chi connectivity index (χ4v) is 3.97. The van der Waals surface area contributed by atoms with Gasteiger partial charge in [-0.25, -0.2) is 8.78 Å². The van der Waals surface area contributed by atoms with Crippen LogP contribution in [0.15, 0.2) is 16.7 Å². The molecule has 0 spiro atoms. The van der Waals surface area contributed by atoms with Gasteiger partial charge in [-0.2, -0.15) is 17.6 Å². The number of nitrogens with one attached hydrogen (secondary N) is 1. The van der Waals surface area contributed by atoms with E-state index >= 15 is 0 Å². The molecule has 14 heteroatoms. The predicted molar refractivity (Wildman–Crippen MR) is 97.5 cm³/mol. The van der Waals surface area contributed by atoms with Crippen LogP contribution in [0.5, 0.6) is 0 Å². The smallest absolute Gasteiger partial charge is 0.321 e. The molecule has 0 radical (unpaired) electrons. The summed E-state index contributed by atoms with van der Waals surface area (Å²) < 4.78 is 86.2. The van der Waals surface area contributed by atoms with Gasteiger partial charge in [-0.15, -0.1) is 10.2 Å². The van der Waals surface area contributed by atoms with E-state index in [2.05, 4.69) is 15.2 Å². The number of carbonyl (C=O) groups is 2. The SMILES string of the molecule is CC(F)(F)C(=O)N[C@H]1[C@H](N2Cc3ncc(-c4nnc(C(F)F)o4)cc3C2=O)CCCC1(F)F. The summed E-state index contributed by atoms with van der Waals surface area (Å²) in [7, 11) is 0. The van der Waals surface area contributed by atoms with Gasteiger partial charge in [-0.05, 0) is 18.9 Å². The highest BCUT2D eigenvalue weighted by atomic mass is 19.3. The van der Waals surface area contributed by atoms with Crippen LogP contribution >= 0.6 is 0 Å². The van der Waals surface area contributed by atoms with Crippen molar-refractivity contribution in [3.63, 3.8) is 0 Å². The van der Waals surface area contributed by atoms with E-state index in [-0.39, 0.29) is 49.0 Å².